The molecule has 2 aromatic heterocycles. The van der Waals surface area contributed by atoms with Crippen LogP contribution in [-0.2, 0) is 11.2 Å². The molecule has 3 heterocycles. The minimum atomic E-state index is -0.169. The Bertz CT molecular complexity index is 1090. The van der Waals surface area contributed by atoms with Crippen molar-refractivity contribution in [2.75, 3.05) is 17.2 Å². The van der Waals surface area contributed by atoms with Gasteiger partial charge < -0.3 is 15.6 Å². The fourth-order valence-electron chi connectivity index (χ4n) is 3.26. The Morgan fingerprint density at radius 1 is 1.17 bits per heavy atom. The molecule has 1 aliphatic rings. The van der Waals surface area contributed by atoms with E-state index in [1.54, 1.807) is 12.3 Å². The van der Waals surface area contributed by atoms with Gasteiger partial charge in [-0.05, 0) is 30.3 Å². The Morgan fingerprint density at radius 2 is 2.00 bits per heavy atom. The van der Waals surface area contributed by atoms with Crippen LogP contribution in [-0.4, -0.2) is 33.7 Å². The van der Waals surface area contributed by atoms with Crippen LogP contribution < -0.4 is 10.6 Å². The largest absolute Gasteiger partial charge is 0.358 e. The number of carbonyl (C=O) groups is 2. The van der Waals surface area contributed by atoms with E-state index in [1.165, 1.54) is 6.08 Å². The van der Waals surface area contributed by atoms with E-state index in [4.69, 9.17) is 0 Å². The standard InChI is InChI=1S/C22H19BrN4O2/c23-9-1-2-21(28)26-16-5-3-14(4-6-16)19-12-15(7-10-24-19)20-13-17-18(27-20)8-11-25-22(17)29/h1-7,10,12-13,27H,8-9,11H2,(H,25,29)(H,26,28). The molecule has 6 nitrogen and oxygen atoms in total. The number of allylic oxidation sites excluding steroid dienone is 1. The maximum absolute atomic E-state index is 12.0. The number of aromatic amines is 1. The Labute approximate surface area is 176 Å². The highest BCUT2D eigenvalue weighted by Crippen LogP contribution is 2.27. The van der Waals surface area contributed by atoms with Gasteiger partial charge in [-0.3, -0.25) is 14.6 Å². The summed E-state index contributed by atoms with van der Waals surface area (Å²) < 4.78 is 0. The van der Waals surface area contributed by atoms with E-state index < -0.39 is 0 Å². The average molecular weight is 451 g/mol. The molecular weight excluding hydrogens is 432 g/mol. The average Bonchev–Trinajstić information content (AvgIpc) is 3.19. The predicted molar refractivity (Wildman–Crippen MR) is 117 cm³/mol. The van der Waals surface area contributed by atoms with Crippen LogP contribution in [0.2, 0.25) is 0 Å². The first-order chi connectivity index (χ1) is 14.1. The number of hydrogen-bond donors (Lipinski definition) is 3. The number of pyridine rings is 1. The van der Waals surface area contributed by atoms with E-state index in [0.717, 1.165) is 40.3 Å². The fourth-order valence-corrected chi connectivity index (χ4v) is 3.45. The van der Waals surface area contributed by atoms with Gasteiger partial charge >= 0.3 is 0 Å². The van der Waals surface area contributed by atoms with Crippen LogP contribution in [0.4, 0.5) is 5.69 Å². The zero-order valence-corrected chi connectivity index (χ0v) is 17.1. The van der Waals surface area contributed by atoms with E-state index in [9.17, 15) is 9.59 Å². The molecule has 0 saturated carbocycles. The van der Waals surface area contributed by atoms with Crippen molar-refractivity contribution in [2.24, 2.45) is 0 Å². The van der Waals surface area contributed by atoms with Crippen molar-refractivity contribution in [1.29, 1.82) is 0 Å². The monoisotopic (exact) mass is 450 g/mol. The van der Waals surface area contributed by atoms with E-state index in [0.29, 0.717) is 17.4 Å². The van der Waals surface area contributed by atoms with Crippen molar-refractivity contribution in [1.82, 2.24) is 15.3 Å². The van der Waals surface area contributed by atoms with Crippen LogP contribution in [0, 0.1) is 0 Å². The second-order valence-corrected chi connectivity index (χ2v) is 7.28. The van der Waals surface area contributed by atoms with Gasteiger partial charge in [-0.15, -0.1) is 0 Å². The van der Waals surface area contributed by atoms with Crippen molar-refractivity contribution in [2.45, 2.75) is 6.42 Å². The lowest BCUT2D eigenvalue weighted by atomic mass is 10.1. The van der Waals surface area contributed by atoms with Crippen molar-refractivity contribution in [3.8, 4) is 22.5 Å². The molecule has 29 heavy (non-hydrogen) atoms. The molecule has 0 aliphatic carbocycles. The number of nitrogens with one attached hydrogen (secondary N) is 3. The third-order valence-electron chi connectivity index (χ3n) is 4.68. The molecule has 3 aromatic rings. The summed E-state index contributed by atoms with van der Waals surface area (Å²) >= 11 is 3.24. The number of fused-ring (bicyclic) bond motifs is 1. The summed E-state index contributed by atoms with van der Waals surface area (Å²) in [5.74, 6) is -0.205. The van der Waals surface area contributed by atoms with Gasteiger partial charge in [-0.25, -0.2) is 0 Å². The highest BCUT2D eigenvalue weighted by atomic mass is 79.9. The number of amides is 2. The van der Waals surface area contributed by atoms with Gasteiger partial charge in [0.1, 0.15) is 0 Å². The molecule has 4 rings (SSSR count). The van der Waals surface area contributed by atoms with Gasteiger partial charge in [0.05, 0.1) is 11.3 Å². The van der Waals surface area contributed by atoms with E-state index in [2.05, 4.69) is 36.5 Å². The van der Waals surface area contributed by atoms with E-state index in [1.807, 2.05) is 42.5 Å². The van der Waals surface area contributed by atoms with Crippen LogP contribution in [0.1, 0.15) is 16.1 Å². The second-order valence-electron chi connectivity index (χ2n) is 6.63. The first-order valence-electron chi connectivity index (χ1n) is 9.24. The molecule has 3 N–H and O–H groups in total. The predicted octanol–water partition coefficient (Wildman–Crippen LogP) is 3.92. The maximum Gasteiger partial charge on any atom is 0.253 e. The minimum absolute atomic E-state index is 0.0355. The normalized spacial score (nSPS) is 13.2. The van der Waals surface area contributed by atoms with Crippen LogP contribution in [0.3, 0.4) is 0 Å². The number of anilines is 1. The smallest absolute Gasteiger partial charge is 0.253 e. The molecule has 0 bridgehead atoms. The van der Waals surface area contributed by atoms with Gasteiger partial charge in [0.2, 0.25) is 5.91 Å². The third kappa shape index (κ3) is 4.30. The highest BCUT2D eigenvalue weighted by Gasteiger charge is 2.20. The van der Waals surface area contributed by atoms with Gasteiger partial charge in [-0.2, -0.15) is 0 Å². The molecule has 0 radical (unpaired) electrons. The number of benzene rings is 1. The number of hydrogen-bond acceptors (Lipinski definition) is 3. The van der Waals surface area contributed by atoms with E-state index in [-0.39, 0.29) is 11.8 Å². The number of nitrogens with zero attached hydrogens (tertiary/aromatic N) is 1. The van der Waals surface area contributed by atoms with Crippen LogP contribution >= 0.6 is 15.9 Å². The zero-order valence-electron chi connectivity index (χ0n) is 15.5. The molecule has 7 heteroatoms. The van der Waals surface area contributed by atoms with E-state index >= 15 is 0 Å². The highest BCUT2D eigenvalue weighted by molar-refractivity contribution is 9.09. The molecule has 0 fully saturated rings. The SMILES string of the molecule is O=C(C=CCBr)Nc1ccc(-c2cc(-c3cc4c([nH]3)CCNC4=O)ccn2)cc1. The third-order valence-corrected chi connectivity index (χ3v) is 5.06. The summed E-state index contributed by atoms with van der Waals surface area (Å²) in [4.78, 5) is 31.6. The molecule has 1 aliphatic heterocycles. The molecule has 2 amide bonds. The van der Waals surface area contributed by atoms with Gasteiger partial charge in [0.25, 0.3) is 5.91 Å². The lowest BCUT2D eigenvalue weighted by Crippen LogP contribution is -2.31. The number of halogens is 1. The van der Waals surface area contributed by atoms with Crippen molar-refractivity contribution in [3.63, 3.8) is 0 Å². The Kier molecular flexibility index (Phi) is 5.57. The van der Waals surface area contributed by atoms with Gasteiger partial charge in [-0.1, -0.05) is 34.1 Å². The van der Waals surface area contributed by atoms with Crippen molar-refractivity contribution < 1.29 is 9.59 Å². The Morgan fingerprint density at radius 3 is 2.76 bits per heavy atom. The fraction of sp³-hybridized carbons (Fsp3) is 0.136. The summed E-state index contributed by atoms with van der Waals surface area (Å²) in [6, 6.07) is 13.3. The van der Waals surface area contributed by atoms with Gasteiger partial charge in [0.15, 0.2) is 0 Å². The number of alkyl halides is 1. The van der Waals surface area contributed by atoms with Gasteiger partial charge in [0, 0.05) is 58.8 Å². The number of rotatable bonds is 5. The van der Waals surface area contributed by atoms with Crippen LogP contribution in [0.5, 0.6) is 0 Å². The van der Waals surface area contributed by atoms with Crippen LogP contribution in [0.15, 0.2) is 60.8 Å². The first kappa shape index (κ1) is 19.1. The Hall–Kier alpha value is -3.19. The summed E-state index contributed by atoms with van der Waals surface area (Å²) in [6.07, 6.45) is 5.79. The second kappa shape index (κ2) is 8.45. The minimum Gasteiger partial charge on any atom is -0.358 e. The number of H-pyrrole nitrogens is 1. The lowest BCUT2D eigenvalue weighted by Gasteiger charge is -2.11. The van der Waals surface area contributed by atoms with Crippen molar-refractivity contribution >= 4 is 33.4 Å². The number of aromatic nitrogens is 2. The topological polar surface area (TPSA) is 86.9 Å². The summed E-state index contributed by atoms with van der Waals surface area (Å²) in [5.41, 5.74) is 6.02. The Balaban J connectivity index is 1.55. The first-order valence-corrected chi connectivity index (χ1v) is 10.4. The quantitative estimate of drug-likeness (QED) is 0.406. The molecule has 146 valence electrons. The molecule has 0 atom stereocenters. The molecular formula is C22H19BrN4O2. The van der Waals surface area contributed by atoms with Crippen molar-refractivity contribution in [3.05, 3.63) is 72.1 Å². The maximum atomic E-state index is 12.0. The summed E-state index contributed by atoms with van der Waals surface area (Å²) in [6.45, 7) is 0.655. The molecule has 1 aromatic carbocycles. The summed E-state index contributed by atoms with van der Waals surface area (Å²) in [5, 5.41) is 6.31. The molecule has 0 spiro atoms. The number of carbonyl (C=O) groups excluding carboxylic acids is 2. The molecule has 0 saturated heterocycles. The van der Waals surface area contributed by atoms with Crippen LogP contribution in [0.25, 0.3) is 22.5 Å². The summed E-state index contributed by atoms with van der Waals surface area (Å²) in [7, 11) is 0. The lowest BCUT2D eigenvalue weighted by molar-refractivity contribution is -0.111. The molecule has 0 unspecified atom stereocenters. The zero-order chi connectivity index (χ0) is 20.2.